The molecule has 0 aromatic heterocycles. The quantitative estimate of drug-likeness (QED) is 0.475. The van der Waals surface area contributed by atoms with E-state index in [9.17, 15) is 0 Å². The maximum Gasteiger partial charge on any atom is 0.0288 e. The molecule has 2 nitrogen and oxygen atoms in total. The van der Waals surface area contributed by atoms with Gasteiger partial charge in [0.15, 0.2) is 0 Å². The van der Waals surface area contributed by atoms with Crippen LogP contribution in [0.25, 0.3) is 0 Å². The van der Waals surface area contributed by atoms with Crippen molar-refractivity contribution in [2.24, 2.45) is 5.73 Å². The van der Waals surface area contributed by atoms with Gasteiger partial charge in [-0.15, -0.1) is 0 Å². The molecule has 0 bridgehead atoms. The third kappa shape index (κ3) is 1.46. The summed E-state index contributed by atoms with van der Waals surface area (Å²) in [5.41, 5.74) is 5.60. The van der Waals surface area contributed by atoms with Gasteiger partial charge in [-0.1, -0.05) is 0 Å². The Hall–Kier alpha value is -0.0800. The average molecular weight is 113 g/mol. The van der Waals surface area contributed by atoms with E-state index in [1.165, 1.54) is 6.42 Å². The minimum absolute atomic E-state index is 0.353. The first-order valence-corrected chi connectivity index (χ1v) is 3.21. The third-order valence-corrected chi connectivity index (χ3v) is 1.61. The van der Waals surface area contributed by atoms with Gasteiger partial charge >= 0.3 is 0 Å². The number of hydrogen-bond donors (Lipinski definition) is 1. The van der Waals surface area contributed by atoms with Crippen LogP contribution >= 0.6 is 0 Å². The molecule has 1 radical (unpaired) electrons. The van der Waals surface area contributed by atoms with Gasteiger partial charge in [-0.05, 0) is 19.8 Å². The number of rotatable bonds is 0. The molecule has 0 spiro atoms. The van der Waals surface area contributed by atoms with Gasteiger partial charge in [-0.2, -0.15) is 0 Å². The highest BCUT2D eigenvalue weighted by molar-refractivity contribution is 4.75. The lowest BCUT2D eigenvalue weighted by atomic mass is 10.0. The smallest absolute Gasteiger partial charge is 0.0288 e. The summed E-state index contributed by atoms with van der Waals surface area (Å²) in [7, 11) is 0. The largest absolute Gasteiger partial charge is 0.326 e. The summed E-state index contributed by atoms with van der Waals surface area (Å²) in [4.78, 5) is 0. The van der Waals surface area contributed by atoms with Crippen molar-refractivity contribution in [3.8, 4) is 0 Å². The Morgan fingerprint density at radius 1 is 1.50 bits per heavy atom. The van der Waals surface area contributed by atoms with E-state index < -0.39 is 0 Å². The van der Waals surface area contributed by atoms with Crippen LogP contribution in [0.4, 0.5) is 0 Å². The molecule has 0 aliphatic carbocycles. The average Bonchev–Trinajstić information content (AvgIpc) is 1.77. The van der Waals surface area contributed by atoms with E-state index in [4.69, 9.17) is 5.73 Å². The fourth-order valence-electron chi connectivity index (χ4n) is 0.953. The second-order valence-corrected chi connectivity index (χ2v) is 2.55. The predicted octanol–water partition coefficient (Wildman–Crippen LogP) is 0.100. The van der Waals surface area contributed by atoms with Crippen molar-refractivity contribution in [3.05, 3.63) is 0 Å². The standard InChI is InChI=1S/C6H13N2/c1-5-2-3-6(7)4-8-5/h5-6H,2-4,7H2,1H3. The van der Waals surface area contributed by atoms with Gasteiger partial charge in [0, 0.05) is 18.6 Å². The zero-order chi connectivity index (χ0) is 5.98. The highest BCUT2D eigenvalue weighted by atomic mass is 14.9. The molecule has 1 aliphatic rings. The van der Waals surface area contributed by atoms with Gasteiger partial charge < -0.3 is 5.73 Å². The molecule has 47 valence electrons. The molecule has 0 amide bonds. The second-order valence-electron chi connectivity index (χ2n) is 2.55. The van der Waals surface area contributed by atoms with Gasteiger partial charge in [-0.3, -0.25) is 0 Å². The first kappa shape index (κ1) is 6.05. The monoisotopic (exact) mass is 113 g/mol. The topological polar surface area (TPSA) is 40.1 Å². The normalized spacial score (nSPS) is 39.8. The SMILES string of the molecule is CC1CCC(N)C[N]1. The van der Waals surface area contributed by atoms with Crippen LogP contribution in [-0.2, 0) is 0 Å². The molecule has 1 aliphatic heterocycles. The van der Waals surface area contributed by atoms with Crippen LogP contribution in [0, 0.1) is 0 Å². The Balaban J connectivity index is 2.19. The molecule has 2 heteroatoms. The molecule has 8 heavy (non-hydrogen) atoms. The van der Waals surface area contributed by atoms with Crippen molar-refractivity contribution in [2.75, 3.05) is 6.54 Å². The van der Waals surface area contributed by atoms with Crippen LogP contribution in [0.2, 0.25) is 0 Å². The molecule has 0 aromatic carbocycles. The van der Waals surface area contributed by atoms with Crippen LogP contribution in [0.5, 0.6) is 0 Å². The lowest BCUT2D eigenvalue weighted by molar-refractivity contribution is 0.377. The van der Waals surface area contributed by atoms with Gasteiger partial charge in [-0.25, -0.2) is 5.32 Å². The molecule has 2 atom stereocenters. The van der Waals surface area contributed by atoms with Crippen molar-refractivity contribution < 1.29 is 0 Å². The number of nitrogens with two attached hydrogens (primary N) is 1. The molecule has 0 saturated carbocycles. The first-order valence-electron chi connectivity index (χ1n) is 3.21. The van der Waals surface area contributed by atoms with Crippen LogP contribution in [0.3, 0.4) is 0 Å². The van der Waals surface area contributed by atoms with Crippen molar-refractivity contribution in [2.45, 2.75) is 31.8 Å². The Bertz CT molecular complexity index is 54.9. The zero-order valence-electron chi connectivity index (χ0n) is 5.30. The minimum atomic E-state index is 0.353. The Labute approximate surface area is 50.4 Å². The molecule has 1 rings (SSSR count). The highest BCUT2D eigenvalue weighted by Gasteiger charge is 2.13. The Morgan fingerprint density at radius 3 is 2.62 bits per heavy atom. The van der Waals surface area contributed by atoms with Crippen molar-refractivity contribution in [3.63, 3.8) is 0 Å². The van der Waals surface area contributed by atoms with Crippen molar-refractivity contribution in [1.29, 1.82) is 0 Å². The highest BCUT2D eigenvalue weighted by Crippen LogP contribution is 2.05. The summed E-state index contributed by atoms with van der Waals surface area (Å²) in [6.45, 7) is 3.02. The molecule has 2 unspecified atom stereocenters. The first-order chi connectivity index (χ1) is 3.79. The van der Waals surface area contributed by atoms with Gasteiger partial charge in [0.2, 0.25) is 0 Å². The maximum atomic E-state index is 5.60. The van der Waals surface area contributed by atoms with E-state index in [1.807, 2.05) is 0 Å². The summed E-state index contributed by atoms with van der Waals surface area (Å²) in [5, 5.41) is 4.29. The van der Waals surface area contributed by atoms with Crippen molar-refractivity contribution in [1.82, 2.24) is 5.32 Å². The number of hydrogen-bond acceptors (Lipinski definition) is 1. The minimum Gasteiger partial charge on any atom is -0.326 e. The Kier molecular flexibility index (Phi) is 1.86. The lowest BCUT2D eigenvalue weighted by Crippen LogP contribution is -2.39. The molecule has 1 heterocycles. The zero-order valence-corrected chi connectivity index (χ0v) is 5.30. The lowest BCUT2D eigenvalue weighted by Gasteiger charge is -2.22. The van der Waals surface area contributed by atoms with E-state index in [2.05, 4.69) is 12.2 Å². The van der Waals surface area contributed by atoms with E-state index >= 15 is 0 Å². The summed E-state index contributed by atoms with van der Waals surface area (Å²) in [6.07, 6.45) is 2.34. The van der Waals surface area contributed by atoms with Gasteiger partial charge in [0.25, 0.3) is 0 Å². The fourth-order valence-corrected chi connectivity index (χ4v) is 0.953. The summed E-state index contributed by atoms with van der Waals surface area (Å²) in [5.74, 6) is 0. The fraction of sp³-hybridized carbons (Fsp3) is 1.00. The van der Waals surface area contributed by atoms with E-state index in [-0.39, 0.29) is 0 Å². The van der Waals surface area contributed by atoms with E-state index in [0.29, 0.717) is 12.1 Å². The number of nitrogens with zero attached hydrogens (tertiary/aromatic N) is 1. The summed E-state index contributed by atoms with van der Waals surface area (Å²) in [6, 6.07) is 0.918. The molecule has 0 aromatic rings. The summed E-state index contributed by atoms with van der Waals surface area (Å²) >= 11 is 0. The molecule has 2 N–H and O–H groups in total. The van der Waals surface area contributed by atoms with E-state index in [1.54, 1.807) is 0 Å². The predicted molar refractivity (Wildman–Crippen MR) is 33.7 cm³/mol. The van der Waals surface area contributed by atoms with Crippen LogP contribution in [-0.4, -0.2) is 18.6 Å². The maximum absolute atomic E-state index is 5.60. The summed E-state index contributed by atoms with van der Waals surface area (Å²) < 4.78 is 0. The molecule has 1 saturated heterocycles. The van der Waals surface area contributed by atoms with Crippen LogP contribution in [0.1, 0.15) is 19.8 Å². The van der Waals surface area contributed by atoms with E-state index in [0.717, 1.165) is 13.0 Å². The van der Waals surface area contributed by atoms with Crippen LogP contribution < -0.4 is 11.1 Å². The van der Waals surface area contributed by atoms with Gasteiger partial charge in [0.05, 0.1) is 0 Å². The molecular weight excluding hydrogens is 100 g/mol. The van der Waals surface area contributed by atoms with Crippen molar-refractivity contribution >= 4 is 0 Å². The second kappa shape index (κ2) is 2.46. The molecular formula is C6H13N2. The molecule has 1 fully saturated rings. The van der Waals surface area contributed by atoms with Gasteiger partial charge in [0.1, 0.15) is 0 Å². The van der Waals surface area contributed by atoms with Crippen LogP contribution in [0.15, 0.2) is 0 Å². The Morgan fingerprint density at radius 2 is 2.25 bits per heavy atom. The number of piperidine rings is 1. The third-order valence-electron chi connectivity index (χ3n) is 1.61.